The average Bonchev–Trinajstić information content (AvgIpc) is 3.65. The predicted octanol–water partition coefficient (Wildman–Crippen LogP) is 4.29. The van der Waals surface area contributed by atoms with Gasteiger partial charge in [0.2, 0.25) is 11.8 Å². The maximum Gasteiger partial charge on any atom is 0.249 e. The van der Waals surface area contributed by atoms with Gasteiger partial charge in [0.05, 0.1) is 26.8 Å². The number of nitrogens with one attached hydrogen (secondary N) is 1. The number of para-hydroxylation sites is 2. The van der Waals surface area contributed by atoms with Gasteiger partial charge in [-0.3, -0.25) is 14.5 Å². The van der Waals surface area contributed by atoms with Crippen molar-refractivity contribution < 1.29 is 23.8 Å². The lowest BCUT2D eigenvalue weighted by Crippen LogP contribution is -2.47. The monoisotopic (exact) mass is 543 g/mol. The van der Waals surface area contributed by atoms with Gasteiger partial charge in [-0.25, -0.2) is 4.68 Å². The number of rotatable bonds is 10. The minimum Gasteiger partial charge on any atom is -0.497 e. The molecule has 1 N–H and O–H groups in total. The van der Waals surface area contributed by atoms with Crippen molar-refractivity contribution in [2.45, 2.75) is 44.3 Å². The van der Waals surface area contributed by atoms with Gasteiger partial charge in [0.15, 0.2) is 11.5 Å². The zero-order chi connectivity index (χ0) is 28.1. The van der Waals surface area contributed by atoms with E-state index in [1.165, 1.54) is 19.1 Å². The highest BCUT2D eigenvalue weighted by Crippen LogP contribution is 2.39. The third-order valence-electron chi connectivity index (χ3n) is 7.26. The van der Waals surface area contributed by atoms with Crippen LogP contribution in [0.15, 0.2) is 66.7 Å². The maximum atomic E-state index is 14.3. The number of anilines is 1. The fraction of sp³-hybridized carbons (Fsp3) is 0.333. The van der Waals surface area contributed by atoms with Crippen LogP contribution < -0.4 is 24.4 Å². The molecule has 208 valence electrons. The van der Waals surface area contributed by atoms with Crippen LogP contribution in [0.25, 0.3) is 11.0 Å². The third-order valence-corrected chi connectivity index (χ3v) is 7.26. The second-order valence-corrected chi connectivity index (χ2v) is 9.67. The SMILES string of the molecule is COc1ccc(N(C(=O)Cn2nnc3ccccc32)[C@@H](C(=O)NC2CCCC2)c2cccc(OC)c2OC)cc1. The van der Waals surface area contributed by atoms with Crippen molar-refractivity contribution in [2.75, 3.05) is 26.2 Å². The van der Waals surface area contributed by atoms with Crippen LogP contribution in [0.3, 0.4) is 0 Å². The Labute approximate surface area is 232 Å². The molecule has 5 rings (SSSR count). The molecular formula is C30H33N5O5. The van der Waals surface area contributed by atoms with Crippen LogP contribution in [0.5, 0.6) is 17.2 Å². The van der Waals surface area contributed by atoms with Gasteiger partial charge in [-0.05, 0) is 55.3 Å². The van der Waals surface area contributed by atoms with Crippen molar-refractivity contribution in [2.24, 2.45) is 0 Å². The van der Waals surface area contributed by atoms with E-state index in [1.807, 2.05) is 24.3 Å². The lowest BCUT2D eigenvalue weighted by atomic mass is 10.00. The minimum absolute atomic E-state index is 0.0404. The quantitative estimate of drug-likeness (QED) is 0.318. The van der Waals surface area contributed by atoms with Crippen molar-refractivity contribution in [3.05, 3.63) is 72.3 Å². The Bertz CT molecular complexity index is 1480. The molecule has 2 amide bonds. The van der Waals surface area contributed by atoms with Crippen LogP contribution >= 0.6 is 0 Å². The molecule has 0 unspecified atom stereocenters. The fourth-order valence-corrected chi connectivity index (χ4v) is 5.29. The summed E-state index contributed by atoms with van der Waals surface area (Å²) in [7, 11) is 4.64. The molecule has 1 aliphatic carbocycles. The summed E-state index contributed by atoms with van der Waals surface area (Å²) < 4.78 is 18.2. The Morgan fingerprint density at radius 3 is 2.40 bits per heavy atom. The summed E-state index contributed by atoms with van der Waals surface area (Å²) in [5.74, 6) is 0.824. The van der Waals surface area contributed by atoms with Gasteiger partial charge in [0, 0.05) is 17.3 Å². The molecule has 10 heteroatoms. The molecule has 1 aromatic heterocycles. The third kappa shape index (κ3) is 5.42. The number of amides is 2. The van der Waals surface area contributed by atoms with Crippen LogP contribution in [-0.2, 0) is 16.1 Å². The number of fused-ring (bicyclic) bond motifs is 1. The summed E-state index contributed by atoms with van der Waals surface area (Å²) in [6, 6.07) is 18.8. The second kappa shape index (κ2) is 12.1. The molecular weight excluding hydrogens is 510 g/mol. The molecule has 0 bridgehead atoms. The second-order valence-electron chi connectivity index (χ2n) is 9.67. The van der Waals surface area contributed by atoms with Crippen molar-refractivity contribution in [1.82, 2.24) is 20.3 Å². The van der Waals surface area contributed by atoms with Crippen LogP contribution in [0.4, 0.5) is 5.69 Å². The normalized spacial score (nSPS) is 14.1. The Morgan fingerprint density at radius 1 is 0.950 bits per heavy atom. The summed E-state index contributed by atoms with van der Waals surface area (Å²) in [6.07, 6.45) is 3.90. The summed E-state index contributed by atoms with van der Waals surface area (Å²) in [5, 5.41) is 11.6. The lowest BCUT2D eigenvalue weighted by molar-refractivity contribution is -0.127. The number of carbonyl (C=O) groups is 2. The van der Waals surface area contributed by atoms with E-state index in [2.05, 4.69) is 15.6 Å². The molecule has 40 heavy (non-hydrogen) atoms. The molecule has 0 spiro atoms. The Hall–Kier alpha value is -4.60. The summed E-state index contributed by atoms with van der Waals surface area (Å²) in [4.78, 5) is 29.9. The molecule has 1 atom stereocenters. The van der Waals surface area contributed by atoms with Gasteiger partial charge in [0.25, 0.3) is 0 Å². The van der Waals surface area contributed by atoms with Crippen molar-refractivity contribution >= 4 is 28.5 Å². The predicted molar refractivity (Wildman–Crippen MR) is 151 cm³/mol. The fourth-order valence-electron chi connectivity index (χ4n) is 5.29. The van der Waals surface area contributed by atoms with E-state index in [0.29, 0.717) is 34.0 Å². The first kappa shape index (κ1) is 27.0. The highest BCUT2D eigenvalue weighted by Gasteiger charge is 2.37. The molecule has 1 aliphatic rings. The molecule has 1 heterocycles. The van der Waals surface area contributed by atoms with E-state index >= 15 is 0 Å². The first-order valence-corrected chi connectivity index (χ1v) is 13.3. The van der Waals surface area contributed by atoms with E-state index in [4.69, 9.17) is 14.2 Å². The number of hydrogen-bond acceptors (Lipinski definition) is 7. The number of carbonyl (C=O) groups excluding carboxylic acids is 2. The number of hydrogen-bond donors (Lipinski definition) is 1. The van der Waals surface area contributed by atoms with Gasteiger partial charge in [-0.15, -0.1) is 5.10 Å². The molecule has 0 aliphatic heterocycles. The Morgan fingerprint density at radius 2 is 1.70 bits per heavy atom. The van der Waals surface area contributed by atoms with Gasteiger partial charge in [0.1, 0.15) is 23.9 Å². The van der Waals surface area contributed by atoms with Crippen molar-refractivity contribution in [3.63, 3.8) is 0 Å². The van der Waals surface area contributed by atoms with E-state index in [0.717, 1.165) is 31.2 Å². The number of benzene rings is 3. The van der Waals surface area contributed by atoms with Gasteiger partial charge in [-0.2, -0.15) is 0 Å². The van der Waals surface area contributed by atoms with Crippen LogP contribution in [0, 0.1) is 0 Å². The topological polar surface area (TPSA) is 108 Å². The number of ether oxygens (including phenoxy) is 3. The lowest BCUT2D eigenvalue weighted by Gasteiger charge is -2.33. The zero-order valence-electron chi connectivity index (χ0n) is 22.9. The van der Waals surface area contributed by atoms with Crippen molar-refractivity contribution in [3.8, 4) is 17.2 Å². The first-order chi connectivity index (χ1) is 19.5. The van der Waals surface area contributed by atoms with Crippen LogP contribution in [0.1, 0.15) is 37.3 Å². The zero-order valence-corrected chi connectivity index (χ0v) is 22.9. The van der Waals surface area contributed by atoms with E-state index in [9.17, 15) is 9.59 Å². The molecule has 0 saturated heterocycles. The average molecular weight is 544 g/mol. The Balaban J connectivity index is 1.63. The highest BCUT2D eigenvalue weighted by atomic mass is 16.5. The summed E-state index contributed by atoms with van der Waals surface area (Å²) in [5.41, 5.74) is 2.42. The van der Waals surface area contributed by atoms with E-state index < -0.39 is 6.04 Å². The van der Waals surface area contributed by atoms with Gasteiger partial charge in [-0.1, -0.05) is 42.3 Å². The Kier molecular flexibility index (Phi) is 8.14. The molecule has 4 aromatic rings. The van der Waals surface area contributed by atoms with Crippen molar-refractivity contribution in [1.29, 1.82) is 0 Å². The van der Waals surface area contributed by atoms with Crippen LogP contribution in [0.2, 0.25) is 0 Å². The van der Waals surface area contributed by atoms with Gasteiger partial charge >= 0.3 is 0 Å². The van der Waals surface area contributed by atoms with E-state index in [-0.39, 0.29) is 24.4 Å². The summed E-state index contributed by atoms with van der Waals surface area (Å²) >= 11 is 0. The minimum atomic E-state index is -1.05. The molecule has 3 aromatic carbocycles. The maximum absolute atomic E-state index is 14.3. The number of nitrogens with zero attached hydrogens (tertiary/aromatic N) is 4. The number of aromatic nitrogens is 3. The number of methoxy groups -OCH3 is 3. The molecule has 10 nitrogen and oxygen atoms in total. The first-order valence-electron chi connectivity index (χ1n) is 13.3. The van der Waals surface area contributed by atoms with Crippen LogP contribution in [-0.4, -0.2) is 54.2 Å². The standard InChI is InChI=1S/C30H33N5O5/c1-38-22-17-15-21(16-18-22)35(27(36)19-34-25-13-7-6-12-24(25)32-33-34)28(30(37)31-20-9-4-5-10-20)23-11-8-14-26(39-2)29(23)40-3/h6-8,11-18,20,28H,4-5,9-10,19H2,1-3H3,(H,31,37)/t28-/m1/s1. The summed E-state index contributed by atoms with van der Waals surface area (Å²) in [6.45, 7) is -0.133. The smallest absolute Gasteiger partial charge is 0.249 e. The molecule has 1 fully saturated rings. The van der Waals surface area contributed by atoms with Gasteiger partial charge < -0.3 is 19.5 Å². The van der Waals surface area contributed by atoms with E-state index in [1.54, 1.807) is 54.3 Å². The highest BCUT2D eigenvalue weighted by molar-refractivity contribution is 6.02. The molecule has 0 radical (unpaired) electrons. The molecule has 1 saturated carbocycles. The largest absolute Gasteiger partial charge is 0.497 e.